The third-order valence-corrected chi connectivity index (χ3v) is 1.43. The second-order valence-corrected chi connectivity index (χ2v) is 2.49. The minimum absolute atomic E-state index is 0.196. The monoisotopic (exact) mass is 192 g/mol. The Balaban J connectivity index is 2.67. The summed E-state index contributed by atoms with van der Waals surface area (Å²) in [6.07, 6.45) is 5.08. The fourth-order valence-corrected chi connectivity index (χ4v) is 0.875. The van der Waals surface area contributed by atoms with Crippen molar-refractivity contribution < 1.29 is 0 Å². The van der Waals surface area contributed by atoms with Gasteiger partial charge in [0.15, 0.2) is 0 Å². The molecule has 0 radical (unpaired) electrons. The Bertz CT molecular complexity index is 342. The van der Waals surface area contributed by atoms with E-state index < -0.39 is 0 Å². The first-order chi connectivity index (χ1) is 6.76. The van der Waals surface area contributed by atoms with Crippen LogP contribution in [0.5, 0.6) is 0 Å². The highest BCUT2D eigenvalue weighted by Crippen LogP contribution is 2.00. The average molecular weight is 192 g/mol. The maximum Gasteiger partial charge on any atom is 0.227 e. The van der Waals surface area contributed by atoms with Gasteiger partial charge in [0.05, 0.1) is 13.1 Å². The quantitative estimate of drug-likeness (QED) is 0.428. The molecule has 4 N–H and O–H groups in total. The van der Waals surface area contributed by atoms with Gasteiger partial charge in [0.2, 0.25) is 11.9 Å². The molecule has 0 spiro atoms. The molecule has 1 aromatic rings. The zero-order valence-corrected chi connectivity index (χ0v) is 7.91. The molecule has 1 aromatic heterocycles. The number of nitrogens with one attached hydrogen (secondary N) is 2. The lowest BCUT2D eigenvalue weighted by Crippen LogP contribution is -2.17. The van der Waals surface area contributed by atoms with Crippen LogP contribution in [0.3, 0.4) is 0 Å². The molecule has 0 amide bonds. The molecule has 1 heterocycles. The Morgan fingerprint density at radius 2 is 2.21 bits per heavy atom. The SMILES string of the molecule is C#CCNCc1nc(N)nc(NC)n1. The van der Waals surface area contributed by atoms with E-state index in [4.69, 9.17) is 12.2 Å². The molecule has 6 heteroatoms. The smallest absolute Gasteiger partial charge is 0.227 e. The lowest BCUT2D eigenvalue weighted by Gasteiger charge is -2.03. The van der Waals surface area contributed by atoms with E-state index >= 15 is 0 Å². The van der Waals surface area contributed by atoms with Crippen molar-refractivity contribution in [1.82, 2.24) is 20.3 Å². The molecule has 0 aliphatic rings. The molecule has 0 saturated carbocycles. The summed E-state index contributed by atoms with van der Waals surface area (Å²) in [4.78, 5) is 11.9. The largest absolute Gasteiger partial charge is 0.368 e. The number of nitrogens with zero attached hydrogens (tertiary/aromatic N) is 3. The average Bonchev–Trinajstić information content (AvgIpc) is 2.17. The van der Waals surface area contributed by atoms with Crippen molar-refractivity contribution >= 4 is 11.9 Å². The van der Waals surface area contributed by atoms with Crippen LogP contribution in [-0.4, -0.2) is 28.5 Å². The molecule has 74 valence electrons. The Kier molecular flexibility index (Phi) is 3.64. The molecule has 0 aromatic carbocycles. The lowest BCUT2D eigenvalue weighted by molar-refractivity contribution is 0.720. The predicted molar refractivity (Wildman–Crippen MR) is 54.3 cm³/mol. The molecule has 0 unspecified atom stereocenters. The van der Waals surface area contributed by atoms with Crippen LogP contribution in [0, 0.1) is 12.3 Å². The molecular formula is C8H12N6. The number of anilines is 2. The van der Waals surface area contributed by atoms with E-state index in [1.54, 1.807) is 7.05 Å². The van der Waals surface area contributed by atoms with Crippen LogP contribution < -0.4 is 16.4 Å². The first-order valence-electron chi connectivity index (χ1n) is 4.08. The summed E-state index contributed by atoms with van der Waals surface area (Å²) in [5.74, 6) is 3.67. The summed E-state index contributed by atoms with van der Waals surface area (Å²) >= 11 is 0. The van der Waals surface area contributed by atoms with E-state index in [1.807, 2.05) is 0 Å². The summed E-state index contributed by atoms with van der Waals surface area (Å²) in [6, 6.07) is 0. The predicted octanol–water partition coefficient (Wildman–Crippen LogP) is -0.782. The van der Waals surface area contributed by atoms with Gasteiger partial charge < -0.3 is 11.1 Å². The molecule has 0 aliphatic heterocycles. The van der Waals surface area contributed by atoms with Gasteiger partial charge in [0.25, 0.3) is 0 Å². The number of nitrogens with two attached hydrogens (primary N) is 1. The van der Waals surface area contributed by atoms with E-state index in [2.05, 4.69) is 31.5 Å². The van der Waals surface area contributed by atoms with Crippen LogP contribution in [0.4, 0.5) is 11.9 Å². The van der Waals surface area contributed by atoms with E-state index in [-0.39, 0.29) is 5.95 Å². The highest BCUT2D eigenvalue weighted by Gasteiger charge is 2.01. The fraction of sp³-hybridized carbons (Fsp3) is 0.375. The number of hydrogen-bond acceptors (Lipinski definition) is 6. The summed E-state index contributed by atoms with van der Waals surface area (Å²) in [5.41, 5.74) is 5.47. The Labute approximate surface area is 82.4 Å². The lowest BCUT2D eigenvalue weighted by atomic mass is 10.5. The van der Waals surface area contributed by atoms with Gasteiger partial charge in [-0.05, 0) is 0 Å². The zero-order chi connectivity index (χ0) is 10.4. The van der Waals surface area contributed by atoms with E-state index in [0.29, 0.717) is 24.9 Å². The number of hydrogen-bond donors (Lipinski definition) is 3. The molecule has 14 heavy (non-hydrogen) atoms. The van der Waals surface area contributed by atoms with E-state index in [0.717, 1.165) is 0 Å². The maximum absolute atomic E-state index is 5.47. The number of terminal acetylenes is 1. The first kappa shape index (κ1) is 10.2. The van der Waals surface area contributed by atoms with Crippen LogP contribution in [0.1, 0.15) is 5.82 Å². The van der Waals surface area contributed by atoms with Crippen molar-refractivity contribution in [3.05, 3.63) is 5.82 Å². The van der Waals surface area contributed by atoms with Gasteiger partial charge in [-0.1, -0.05) is 5.92 Å². The molecule has 0 saturated heterocycles. The second-order valence-electron chi connectivity index (χ2n) is 2.49. The maximum atomic E-state index is 5.47. The first-order valence-corrected chi connectivity index (χ1v) is 4.08. The van der Waals surface area contributed by atoms with Gasteiger partial charge >= 0.3 is 0 Å². The Hall–Kier alpha value is -1.87. The van der Waals surface area contributed by atoms with Crippen molar-refractivity contribution in [2.45, 2.75) is 6.54 Å². The number of rotatable bonds is 4. The third kappa shape index (κ3) is 2.88. The van der Waals surface area contributed by atoms with Crippen molar-refractivity contribution in [3.63, 3.8) is 0 Å². The third-order valence-electron chi connectivity index (χ3n) is 1.43. The van der Waals surface area contributed by atoms with E-state index in [9.17, 15) is 0 Å². The van der Waals surface area contributed by atoms with Gasteiger partial charge in [0, 0.05) is 7.05 Å². The highest BCUT2D eigenvalue weighted by molar-refractivity contribution is 5.29. The summed E-state index contributed by atoms with van der Waals surface area (Å²) in [7, 11) is 1.72. The van der Waals surface area contributed by atoms with Gasteiger partial charge in [-0.25, -0.2) is 0 Å². The molecule has 1 rings (SSSR count). The second kappa shape index (κ2) is 4.99. The highest BCUT2D eigenvalue weighted by atomic mass is 15.2. The van der Waals surface area contributed by atoms with Crippen LogP contribution in [0.2, 0.25) is 0 Å². The van der Waals surface area contributed by atoms with Crippen LogP contribution in [-0.2, 0) is 6.54 Å². The topological polar surface area (TPSA) is 88.8 Å². The molecule has 0 fully saturated rings. The molecule has 0 atom stereocenters. The molecule has 0 aliphatic carbocycles. The summed E-state index contributed by atoms with van der Waals surface area (Å²) < 4.78 is 0. The van der Waals surface area contributed by atoms with E-state index in [1.165, 1.54) is 0 Å². The normalized spacial score (nSPS) is 9.43. The summed E-state index contributed by atoms with van der Waals surface area (Å²) in [5, 5.41) is 5.75. The molecular weight excluding hydrogens is 180 g/mol. The fourth-order valence-electron chi connectivity index (χ4n) is 0.875. The van der Waals surface area contributed by atoms with Gasteiger partial charge in [-0.15, -0.1) is 6.42 Å². The molecule has 0 bridgehead atoms. The van der Waals surface area contributed by atoms with Crippen molar-refractivity contribution in [2.24, 2.45) is 0 Å². The Morgan fingerprint density at radius 1 is 1.43 bits per heavy atom. The van der Waals surface area contributed by atoms with Crippen molar-refractivity contribution in [2.75, 3.05) is 24.6 Å². The van der Waals surface area contributed by atoms with Crippen LogP contribution in [0.25, 0.3) is 0 Å². The number of aromatic nitrogens is 3. The minimum atomic E-state index is 0.196. The number of nitrogen functional groups attached to an aromatic ring is 1. The van der Waals surface area contributed by atoms with Crippen molar-refractivity contribution in [1.29, 1.82) is 0 Å². The van der Waals surface area contributed by atoms with Gasteiger partial charge in [0.1, 0.15) is 5.82 Å². The zero-order valence-electron chi connectivity index (χ0n) is 7.91. The van der Waals surface area contributed by atoms with Gasteiger partial charge in [-0.2, -0.15) is 15.0 Å². The molecule has 6 nitrogen and oxygen atoms in total. The summed E-state index contributed by atoms with van der Waals surface area (Å²) in [6.45, 7) is 0.950. The van der Waals surface area contributed by atoms with Gasteiger partial charge in [-0.3, -0.25) is 5.32 Å². The van der Waals surface area contributed by atoms with Crippen LogP contribution >= 0.6 is 0 Å². The minimum Gasteiger partial charge on any atom is -0.368 e. The standard InChI is InChI=1S/C8H12N6/c1-3-4-11-5-6-12-7(9)14-8(10-2)13-6/h1,11H,4-5H2,2H3,(H3,9,10,12,13,14). The Morgan fingerprint density at radius 3 is 2.86 bits per heavy atom. The van der Waals surface area contributed by atoms with Crippen LogP contribution in [0.15, 0.2) is 0 Å². The van der Waals surface area contributed by atoms with Crippen molar-refractivity contribution in [3.8, 4) is 12.3 Å².